The van der Waals surface area contributed by atoms with Gasteiger partial charge in [-0.25, -0.2) is 10.4 Å². The van der Waals surface area contributed by atoms with E-state index in [0.717, 1.165) is 32.6 Å². The molecular weight excluding hydrogens is 334 g/mol. The van der Waals surface area contributed by atoms with Crippen LogP contribution in [-0.2, 0) is 9.53 Å². The second-order valence-corrected chi connectivity index (χ2v) is 7.57. The van der Waals surface area contributed by atoms with E-state index in [2.05, 4.69) is 34.1 Å². The Balaban J connectivity index is 1.63. The third-order valence-corrected chi connectivity index (χ3v) is 5.59. The van der Waals surface area contributed by atoms with Crippen molar-refractivity contribution in [2.45, 2.75) is 44.2 Å². The second-order valence-electron chi connectivity index (χ2n) is 7.57. The average Bonchev–Trinajstić information content (AvgIpc) is 2.93. The van der Waals surface area contributed by atoms with Crippen molar-refractivity contribution in [1.29, 1.82) is 5.26 Å². The fourth-order valence-electron chi connectivity index (χ4n) is 4.27. The van der Waals surface area contributed by atoms with E-state index in [1.165, 1.54) is 0 Å². The molecule has 1 amide bonds. The fraction of sp³-hybridized carbons (Fsp3) is 0.882. The number of ether oxygens (including phenoxy) is 1. The van der Waals surface area contributed by atoms with Crippen molar-refractivity contribution in [2.24, 2.45) is 17.6 Å². The highest BCUT2D eigenvalue weighted by atomic mass is 16.5. The maximum atomic E-state index is 13.0. The van der Waals surface area contributed by atoms with Crippen molar-refractivity contribution in [3.05, 3.63) is 0 Å². The fourth-order valence-corrected chi connectivity index (χ4v) is 4.27. The quantitative estimate of drug-likeness (QED) is 0.460. The number of carbonyl (C=O) groups excluding carboxylic acids is 1. The Labute approximate surface area is 155 Å². The number of nitrogens with zero attached hydrogens (tertiary/aromatic N) is 3. The van der Waals surface area contributed by atoms with Crippen LogP contribution in [0.4, 0.5) is 0 Å². The van der Waals surface area contributed by atoms with Crippen LogP contribution in [0.5, 0.6) is 0 Å². The third kappa shape index (κ3) is 4.17. The van der Waals surface area contributed by atoms with Gasteiger partial charge in [-0.05, 0) is 26.3 Å². The molecule has 0 aromatic heterocycles. The molecule has 9 nitrogen and oxygen atoms in total. The summed E-state index contributed by atoms with van der Waals surface area (Å²) < 4.78 is 5.84. The minimum atomic E-state index is -0.444. The number of hydrogen-bond acceptors (Lipinski definition) is 8. The molecule has 6 unspecified atom stereocenters. The number of piperidine rings is 1. The Morgan fingerprint density at radius 2 is 2.27 bits per heavy atom. The Kier molecular flexibility index (Phi) is 6.45. The summed E-state index contributed by atoms with van der Waals surface area (Å²) in [5.41, 5.74) is 9.42. The third-order valence-electron chi connectivity index (χ3n) is 5.59. The Morgan fingerprint density at radius 3 is 3.00 bits per heavy atom. The Bertz CT molecular complexity index is 540. The number of fused-ring (bicyclic) bond motifs is 1. The van der Waals surface area contributed by atoms with Crippen LogP contribution in [-0.4, -0.2) is 80.1 Å². The average molecular weight is 365 g/mol. The summed E-state index contributed by atoms with van der Waals surface area (Å²) in [6.45, 7) is 5.81. The molecule has 146 valence electrons. The first-order valence-corrected chi connectivity index (χ1v) is 9.52. The summed E-state index contributed by atoms with van der Waals surface area (Å²) in [6, 6.07) is 2.18. The SMILES string of the molecule is CCOC1CCN(C)CC1NC(=O)C1C(N)NN2CC(CC#N)CNC12. The van der Waals surface area contributed by atoms with Crippen LogP contribution in [0.2, 0.25) is 0 Å². The number of amides is 1. The molecule has 0 spiro atoms. The van der Waals surface area contributed by atoms with Crippen LogP contribution in [0.3, 0.4) is 0 Å². The van der Waals surface area contributed by atoms with Crippen LogP contribution in [0.15, 0.2) is 0 Å². The minimum absolute atomic E-state index is 0.0302. The maximum Gasteiger partial charge on any atom is 0.229 e. The van der Waals surface area contributed by atoms with E-state index in [1.807, 2.05) is 11.9 Å². The molecule has 3 saturated heterocycles. The van der Waals surface area contributed by atoms with Crippen LogP contribution >= 0.6 is 0 Å². The Morgan fingerprint density at radius 1 is 1.46 bits per heavy atom. The molecule has 9 heteroatoms. The van der Waals surface area contributed by atoms with Crippen molar-refractivity contribution in [3.8, 4) is 6.07 Å². The molecule has 3 heterocycles. The van der Waals surface area contributed by atoms with Gasteiger partial charge in [0, 0.05) is 39.2 Å². The smallest absolute Gasteiger partial charge is 0.229 e. The largest absolute Gasteiger partial charge is 0.376 e. The Hall–Kier alpha value is -1.28. The lowest BCUT2D eigenvalue weighted by Gasteiger charge is -2.39. The van der Waals surface area contributed by atoms with E-state index < -0.39 is 6.17 Å². The van der Waals surface area contributed by atoms with Gasteiger partial charge in [0.25, 0.3) is 0 Å². The molecule has 5 N–H and O–H groups in total. The van der Waals surface area contributed by atoms with Crippen molar-refractivity contribution >= 4 is 5.91 Å². The molecule has 0 radical (unpaired) electrons. The molecule has 0 saturated carbocycles. The van der Waals surface area contributed by atoms with E-state index in [1.54, 1.807) is 0 Å². The number of carbonyl (C=O) groups is 1. The van der Waals surface area contributed by atoms with Crippen LogP contribution in [0.25, 0.3) is 0 Å². The first-order chi connectivity index (χ1) is 12.5. The summed E-state index contributed by atoms with van der Waals surface area (Å²) in [6.07, 6.45) is 0.857. The van der Waals surface area contributed by atoms with Crippen molar-refractivity contribution in [3.63, 3.8) is 0 Å². The van der Waals surface area contributed by atoms with Crippen molar-refractivity contribution in [2.75, 3.05) is 39.8 Å². The minimum Gasteiger partial charge on any atom is -0.376 e. The molecule has 3 aliphatic rings. The van der Waals surface area contributed by atoms with Gasteiger partial charge >= 0.3 is 0 Å². The van der Waals surface area contributed by atoms with E-state index in [4.69, 9.17) is 15.7 Å². The zero-order valence-electron chi connectivity index (χ0n) is 15.6. The lowest BCUT2D eigenvalue weighted by molar-refractivity contribution is -0.129. The first kappa shape index (κ1) is 19.5. The molecule has 6 atom stereocenters. The lowest BCUT2D eigenvalue weighted by atomic mass is 9.96. The molecular formula is C17H31N7O2. The maximum absolute atomic E-state index is 13.0. The number of hydrogen-bond donors (Lipinski definition) is 4. The van der Waals surface area contributed by atoms with Gasteiger partial charge in [0.2, 0.25) is 5.91 Å². The monoisotopic (exact) mass is 365 g/mol. The highest BCUT2D eigenvalue weighted by Crippen LogP contribution is 2.24. The topological polar surface area (TPSA) is 119 Å². The van der Waals surface area contributed by atoms with Gasteiger partial charge in [0.1, 0.15) is 0 Å². The highest BCUT2D eigenvalue weighted by Gasteiger charge is 2.47. The number of nitriles is 1. The summed E-state index contributed by atoms with van der Waals surface area (Å²) in [4.78, 5) is 15.2. The molecule has 0 bridgehead atoms. The number of hydrazine groups is 1. The predicted molar refractivity (Wildman–Crippen MR) is 96.3 cm³/mol. The second kappa shape index (κ2) is 8.61. The lowest BCUT2D eigenvalue weighted by Crippen LogP contribution is -2.60. The van der Waals surface area contributed by atoms with E-state index in [-0.39, 0.29) is 36.1 Å². The summed E-state index contributed by atoms with van der Waals surface area (Å²) >= 11 is 0. The van der Waals surface area contributed by atoms with Crippen LogP contribution in [0.1, 0.15) is 19.8 Å². The van der Waals surface area contributed by atoms with Gasteiger partial charge in [0.05, 0.1) is 36.5 Å². The van der Waals surface area contributed by atoms with Gasteiger partial charge in [-0.3, -0.25) is 10.1 Å². The van der Waals surface area contributed by atoms with Crippen molar-refractivity contribution < 1.29 is 9.53 Å². The predicted octanol–water partition coefficient (Wildman–Crippen LogP) is -1.61. The molecule has 0 aromatic carbocycles. The van der Waals surface area contributed by atoms with Gasteiger partial charge in [-0.15, -0.1) is 0 Å². The molecule has 3 aliphatic heterocycles. The van der Waals surface area contributed by atoms with E-state index in [9.17, 15) is 4.79 Å². The van der Waals surface area contributed by atoms with E-state index >= 15 is 0 Å². The number of nitrogens with one attached hydrogen (secondary N) is 3. The van der Waals surface area contributed by atoms with Gasteiger partial charge in [-0.2, -0.15) is 5.26 Å². The van der Waals surface area contributed by atoms with Gasteiger partial charge in [-0.1, -0.05) is 0 Å². The normalized spacial score (nSPS) is 38.5. The number of likely N-dealkylation sites (N-methyl/N-ethyl adjacent to an activating group) is 1. The zero-order chi connectivity index (χ0) is 18.7. The van der Waals surface area contributed by atoms with E-state index in [0.29, 0.717) is 13.0 Å². The van der Waals surface area contributed by atoms with Gasteiger partial charge < -0.3 is 20.7 Å². The molecule has 3 fully saturated rings. The molecule has 26 heavy (non-hydrogen) atoms. The number of nitrogens with two attached hydrogens (primary N) is 1. The molecule has 0 aliphatic carbocycles. The summed E-state index contributed by atoms with van der Waals surface area (Å²) in [5, 5.41) is 17.5. The zero-order valence-corrected chi connectivity index (χ0v) is 15.6. The standard InChI is InChI=1S/C17H31N7O2/c1-3-26-13-5-7-23(2)10-12(13)21-17(25)14-15(19)22-24-9-11(4-6-18)8-20-16(14)24/h11-16,20,22H,3-5,7-10,19H2,1-2H3,(H,21,25). The van der Waals surface area contributed by atoms with Crippen molar-refractivity contribution in [1.82, 2.24) is 26.0 Å². The van der Waals surface area contributed by atoms with Gasteiger partial charge in [0.15, 0.2) is 0 Å². The summed E-state index contributed by atoms with van der Waals surface area (Å²) in [7, 11) is 2.06. The van der Waals surface area contributed by atoms with Crippen LogP contribution < -0.4 is 21.8 Å². The number of likely N-dealkylation sites (tertiary alicyclic amines) is 1. The highest BCUT2D eigenvalue weighted by molar-refractivity contribution is 5.80. The summed E-state index contributed by atoms with van der Waals surface area (Å²) in [5.74, 6) is -0.187. The molecule has 0 aromatic rings. The van der Waals surface area contributed by atoms with Crippen LogP contribution in [0, 0.1) is 23.2 Å². The number of rotatable bonds is 5. The first-order valence-electron chi connectivity index (χ1n) is 9.52. The molecule has 3 rings (SSSR count).